The number of rotatable bonds is 3. The van der Waals surface area contributed by atoms with Crippen LogP contribution < -0.4 is 0 Å². The quantitative estimate of drug-likeness (QED) is 0.830. The Bertz CT molecular complexity index is 380. The van der Waals surface area contributed by atoms with Gasteiger partial charge < -0.3 is 4.74 Å². The van der Waals surface area contributed by atoms with Gasteiger partial charge in [0.2, 0.25) is 0 Å². The van der Waals surface area contributed by atoms with Crippen LogP contribution >= 0.6 is 23.4 Å². The summed E-state index contributed by atoms with van der Waals surface area (Å²) in [6.07, 6.45) is 3.25. The molecule has 1 unspecified atom stereocenters. The van der Waals surface area contributed by atoms with Gasteiger partial charge in [0.25, 0.3) is 0 Å². The maximum Gasteiger partial charge on any atom is 0.166 e. The van der Waals surface area contributed by atoms with E-state index in [0.29, 0.717) is 18.1 Å². The van der Waals surface area contributed by atoms with Crippen molar-refractivity contribution in [2.45, 2.75) is 12.5 Å². The molecule has 2 rings (SSSR count). The molecular weight excluding hydrogens is 246 g/mol. The summed E-state index contributed by atoms with van der Waals surface area (Å²) in [5.41, 5.74) is 0.820. The van der Waals surface area contributed by atoms with E-state index in [1.807, 2.05) is 0 Å². The lowest BCUT2D eigenvalue weighted by atomic mass is 10.1. The standard InChI is InChI=1S/C11H12ClNO2S/c12-9-6-13-2-1-8(9)5-10(14)11-7-16-4-3-15-11/h1-2,6,11H,3-5,7H2. The number of hydrogen-bond acceptors (Lipinski definition) is 4. The van der Waals surface area contributed by atoms with Crippen LogP contribution in [0, 0.1) is 0 Å². The van der Waals surface area contributed by atoms with Crippen LogP contribution in [0.2, 0.25) is 5.02 Å². The molecule has 1 aliphatic heterocycles. The third-order valence-electron chi connectivity index (χ3n) is 2.40. The Labute approximate surface area is 104 Å². The van der Waals surface area contributed by atoms with Gasteiger partial charge >= 0.3 is 0 Å². The Kier molecular flexibility index (Phi) is 4.21. The van der Waals surface area contributed by atoms with Crippen molar-refractivity contribution < 1.29 is 9.53 Å². The molecule has 5 heteroatoms. The predicted octanol–water partition coefficient (Wildman–Crippen LogP) is 1.98. The summed E-state index contributed by atoms with van der Waals surface area (Å²) in [5.74, 6) is 1.82. The highest BCUT2D eigenvalue weighted by atomic mass is 35.5. The molecule has 0 N–H and O–H groups in total. The van der Waals surface area contributed by atoms with E-state index in [1.165, 1.54) is 0 Å². The van der Waals surface area contributed by atoms with Gasteiger partial charge in [-0.05, 0) is 11.6 Å². The van der Waals surface area contributed by atoms with Gasteiger partial charge in [-0.3, -0.25) is 9.78 Å². The summed E-state index contributed by atoms with van der Waals surface area (Å²) in [4.78, 5) is 15.8. The SMILES string of the molecule is O=C(Cc1ccncc1Cl)C1CSCCO1. The minimum atomic E-state index is -0.275. The van der Waals surface area contributed by atoms with E-state index in [1.54, 1.807) is 30.2 Å². The first-order valence-corrected chi connectivity index (χ1v) is 6.61. The number of aromatic nitrogens is 1. The van der Waals surface area contributed by atoms with Crippen molar-refractivity contribution in [3.05, 3.63) is 29.0 Å². The number of pyridine rings is 1. The van der Waals surface area contributed by atoms with Crippen molar-refractivity contribution in [3.63, 3.8) is 0 Å². The van der Waals surface area contributed by atoms with Crippen LogP contribution in [-0.2, 0) is 16.0 Å². The molecule has 86 valence electrons. The average molecular weight is 258 g/mol. The van der Waals surface area contributed by atoms with E-state index in [9.17, 15) is 4.79 Å². The fourth-order valence-corrected chi connectivity index (χ4v) is 2.59. The monoisotopic (exact) mass is 257 g/mol. The number of hydrogen-bond donors (Lipinski definition) is 0. The zero-order chi connectivity index (χ0) is 11.4. The number of halogens is 1. The predicted molar refractivity (Wildman–Crippen MR) is 65.0 cm³/mol. The number of ketones is 1. The second-order valence-electron chi connectivity index (χ2n) is 3.54. The molecule has 1 saturated heterocycles. The molecule has 1 aromatic rings. The van der Waals surface area contributed by atoms with Crippen molar-refractivity contribution in [1.29, 1.82) is 0 Å². The maximum atomic E-state index is 11.9. The molecule has 0 radical (unpaired) electrons. The fraction of sp³-hybridized carbons (Fsp3) is 0.455. The normalized spacial score (nSPS) is 20.7. The van der Waals surface area contributed by atoms with Crippen LogP contribution in [0.15, 0.2) is 18.5 Å². The van der Waals surface area contributed by atoms with Gasteiger partial charge in [-0.25, -0.2) is 0 Å². The van der Waals surface area contributed by atoms with Gasteiger partial charge in [0.05, 0.1) is 11.6 Å². The smallest absolute Gasteiger partial charge is 0.166 e. The lowest BCUT2D eigenvalue weighted by Crippen LogP contribution is -2.32. The Hall–Kier alpha value is -0.580. The van der Waals surface area contributed by atoms with Crippen LogP contribution in [0.25, 0.3) is 0 Å². The van der Waals surface area contributed by atoms with Crippen LogP contribution in [0.5, 0.6) is 0 Å². The first-order valence-electron chi connectivity index (χ1n) is 5.08. The molecule has 0 spiro atoms. The molecule has 0 bridgehead atoms. The lowest BCUT2D eigenvalue weighted by molar-refractivity contribution is -0.128. The highest BCUT2D eigenvalue weighted by Gasteiger charge is 2.22. The van der Waals surface area contributed by atoms with Gasteiger partial charge in [-0.1, -0.05) is 11.6 Å². The van der Waals surface area contributed by atoms with Gasteiger partial charge in [-0.15, -0.1) is 0 Å². The minimum absolute atomic E-state index is 0.0975. The van der Waals surface area contributed by atoms with Crippen molar-refractivity contribution in [2.24, 2.45) is 0 Å². The first-order chi connectivity index (χ1) is 7.77. The molecule has 16 heavy (non-hydrogen) atoms. The zero-order valence-corrected chi connectivity index (χ0v) is 10.3. The topological polar surface area (TPSA) is 39.2 Å². The molecule has 1 atom stereocenters. The van der Waals surface area contributed by atoms with Gasteiger partial charge in [0.15, 0.2) is 5.78 Å². The molecule has 2 heterocycles. The van der Waals surface area contributed by atoms with Crippen LogP contribution in [0.3, 0.4) is 0 Å². The number of carbonyl (C=O) groups excluding carboxylic acids is 1. The van der Waals surface area contributed by atoms with Crippen molar-refractivity contribution in [1.82, 2.24) is 4.98 Å². The lowest BCUT2D eigenvalue weighted by Gasteiger charge is -2.21. The third kappa shape index (κ3) is 2.97. The van der Waals surface area contributed by atoms with E-state index in [4.69, 9.17) is 16.3 Å². The Morgan fingerprint density at radius 3 is 3.25 bits per heavy atom. The van der Waals surface area contributed by atoms with E-state index >= 15 is 0 Å². The molecular formula is C11H12ClNO2S. The number of carbonyl (C=O) groups is 1. The first kappa shape index (κ1) is 11.9. The van der Waals surface area contributed by atoms with E-state index in [0.717, 1.165) is 17.1 Å². The minimum Gasteiger partial charge on any atom is -0.369 e. The highest BCUT2D eigenvalue weighted by molar-refractivity contribution is 7.99. The molecule has 1 aromatic heterocycles. The van der Waals surface area contributed by atoms with E-state index < -0.39 is 0 Å². The van der Waals surface area contributed by atoms with E-state index in [-0.39, 0.29) is 11.9 Å². The number of Topliss-reactive ketones (excluding diaryl/α,β-unsaturated/α-hetero) is 1. The summed E-state index contributed by atoms with van der Waals surface area (Å²) in [5, 5.41) is 0.541. The largest absolute Gasteiger partial charge is 0.369 e. The summed E-state index contributed by atoms with van der Waals surface area (Å²) in [6, 6.07) is 1.77. The summed E-state index contributed by atoms with van der Waals surface area (Å²) < 4.78 is 5.42. The number of nitrogens with zero attached hydrogens (tertiary/aromatic N) is 1. The molecule has 0 aliphatic carbocycles. The Balaban J connectivity index is 1.99. The van der Waals surface area contributed by atoms with Crippen molar-refractivity contribution in [2.75, 3.05) is 18.1 Å². The van der Waals surface area contributed by atoms with Gasteiger partial charge in [0.1, 0.15) is 6.10 Å². The molecule has 3 nitrogen and oxygen atoms in total. The Morgan fingerprint density at radius 1 is 1.69 bits per heavy atom. The average Bonchev–Trinajstić information content (AvgIpc) is 2.33. The van der Waals surface area contributed by atoms with Crippen LogP contribution in [-0.4, -0.2) is 35.0 Å². The Morgan fingerprint density at radius 2 is 2.56 bits per heavy atom. The summed E-state index contributed by atoms with van der Waals surface area (Å²) >= 11 is 7.70. The second-order valence-corrected chi connectivity index (χ2v) is 5.10. The summed E-state index contributed by atoms with van der Waals surface area (Å²) in [6.45, 7) is 0.658. The van der Waals surface area contributed by atoms with Crippen molar-refractivity contribution in [3.8, 4) is 0 Å². The maximum absolute atomic E-state index is 11.9. The van der Waals surface area contributed by atoms with Gasteiger partial charge in [-0.2, -0.15) is 11.8 Å². The molecule has 1 fully saturated rings. The molecule has 0 amide bonds. The fourth-order valence-electron chi connectivity index (χ4n) is 1.52. The second kappa shape index (κ2) is 5.66. The van der Waals surface area contributed by atoms with Crippen molar-refractivity contribution >= 4 is 29.1 Å². The van der Waals surface area contributed by atoms with Crippen LogP contribution in [0.4, 0.5) is 0 Å². The molecule has 0 aromatic carbocycles. The third-order valence-corrected chi connectivity index (χ3v) is 3.73. The van der Waals surface area contributed by atoms with E-state index in [2.05, 4.69) is 4.98 Å². The van der Waals surface area contributed by atoms with Crippen LogP contribution in [0.1, 0.15) is 5.56 Å². The molecule has 0 saturated carbocycles. The number of ether oxygens (including phenoxy) is 1. The highest BCUT2D eigenvalue weighted by Crippen LogP contribution is 2.18. The molecule has 1 aliphatic rings. The summed E-state index contributed by atoms with van der Waals surface area (Å²) in [7, 11) is 0. The number of thioether (sulfide) groups is 1. The zero-order valence-electron chi connectivity index (χ0n) is 8.69. The van der Waals surface area contributed by atoms with Gasteiger partial charge in [0, 0.05) is 30.3 Å².